The molecule has 0 amide bonds. The van der Waals surface area contributed by atoms with Crippen molar-refractivity contribution in [2.24, 2.45) is 5.10 Å². The molecule has 2 heterocycles. The van der Waals surface area contributed by atoms with Crippen LogP contribution < -0.4 is 5.73 Å². The summed E-state index contributed by atoms with van der Waals surface area (Å²) in [6, 6.07) is 20.7. The van der Waals surface area contributed by atoms with E-state index in [1.54, 1.807) is 24.4 Å². The van der Waals surface area contributed by atoms with Crippen LogP contribution in [0.2, 0.25) is 10.0 Å². The van der Waals surface area contributed by atoms with E-state index in [0.717, 1.165) is 5.56 Å². The van der Waals surface area contributed by atoms with Crippen LogP contribution in [0.4, 0.5) is 5.82 Å². The quantitative estimate of drug-likeness (QED) is 0.345. The summed E-state index contributed by atoms with van der Waals surface area (Å²) in [7, 11) is -4.22. The lowest BCUT2D eigenvalue weighted by Crippen LogP contribution is -2.07. The number of anilines is 1. The number of rotatable bonds is 4. The first-order valence-electron chi connectivity index (χ1n) is 9.72. The topological polar surface area (TPSA) is 103 Å². The first-order valence-corrected chi connectivity index (χ1v) is 12.0. The molecule has 0 fully saturated rings. The maximum Gasteiger partial charge on any atom is 0.214 e. The van der Waals surface area contributed by atoms with Crippen molar-refractivity contribution in [2.75, 3.05) is 5.73 Å². The molecule has 164 valence electrons. The first-order chi connectivity index (χ1) is 15.9. The summed E-state index contributed by atoms with van der Waals surface area (Å²) in [5.41, 5.74) is 8.55. The zero-order chi connectivity index (χ0) is 23.2. The van der Waals surface area contributed by atoms with Gasteiger partial charge in [0.2, 0.25) is 9.84 Å². The number of hydrogen-bond acceptors (Lipinski definition) is 6. The Hall–Kier alpha value is -3.46. The van der Waals surface area contributed by atoms with Crippen LogP contribution in [0.15, 0.2) is 87.7 Å². The second-order valence-corrected chi connectivity index (χ2v) is 9.84. The number of fused-ring (bicyclic) bond motifs is 2. The Labute approximate surface area is 199 Å². The summed E-state index contributed by atoms with van der Waals surface area (Å²) < 4.78 is 28.7. The van der Waals surface area contributed by atoms with Crippen molar-refractivity contribution >= 4 is 67.3 Å². The predicted octanol–water partition coefficient (Wildman–Crippen LogP) is 5.19. The van der Waals surface area contributed by atoms with Gasteiger partial charge in [0, 0.05) is 5.02 Å². The molecule has 0 aliphatic carbocycles. The lowest BCUT2D eigenvalue weighted by Gasteiger charge is -2.07. The second-order valence-electron chi connectivity index (χ2n) is 7.14. The van der Waals surface area contributed by atoms with Crippen molar-refractivity contribution in [1.29, 1.82) is 0 Å². The highest BCUT2D eigenvalue weighted by molar-refractivity contribution is 7.92. The summed E-state index contributed by atoms with van der Waals surface area (Å²) in [6.07, 6.45) is 1.56. The van der Waals surface area contributed by atoms with Crippen LogP contribution in [0.3, 0.4) is 0 Å². The summed E-state index contributed by atoms with van der Waals surface area (Å²) >= 11 is 12.3. The minimum atomic E-state index is -4.22. The lowest BCUT2D eigenvalue weighted by atomic mass is 10.2. The van der Waals surface area contributed by atoms with Gasteiger partial charge < -0.3 is 5.73 Å². The van der Waals surface area contributed by atoms with Crippen LogP contribution in [-0.4, -0.2) is 29.3 Å². The maximum absolute atomic E-state index is 13.7. The van der Waals surface area contributed by atoms with Gasteiger partial charge >= 0.3 is 0 Å². The molecule has 2 N–H and O–H groups in total. The van der Waals surface area contributed by atoms with Gasteiger partial charge in [0.05, 0.1) is 27.2 Å². The van der Waals surface area contributed by atoms with Crippen molar-refractivity contribution in [2.45, 2.75) is 9.79 Å². The third-order valence-electron chi connectivity index (χ3n) is 5.00. The second kappa shape index (κ2) is 8.15. The number of nitrogens with two attached hydrogens (primary N) is 1. The third kappa shape index (κ3) is 3.72. The van der Waals surface area contributed by atoms with Gasteiger partial charge in [-0.25, -0.2) is 18.4 Å². The Kier molecular flexibility index (Phi) is 5.28. The largest absolute Gasteiger partial charge is 0.382 e. The van der Waals surface area contributed by atoms with Crippen LogP contribution in [0, 0.1) is 0 Å². The Morgan fingerprint density at radius 1 is 0.909 bits per heavy atom. The Bertz CT molecular complexity index is 1670. The smallest absolute Gasteiger partial charge is 0.214 e. The van der Waals surface area contributed by atoms with E-state index in [-0.39, 0.29) is 36.8 Å². The molecule has 0 unspecified atom stereocenters. The fraction of sp³-hybridized carbons (Fsp3) is 0. The molecule has 0 radical (unpaired) electrons. The van der Waals surface area contributed by atoms with Crippen LogP contribution in [0.1, 0.15) is 5.56 Å². The van der Waals surface area contributed by atoms with Crippen LogP contribution in [-0.2, 0) is 9.84 Å². The summed E-state index contributed by atoms with van der Waals surface area (Å²) in [4.78, 5) is 8.76. The van der Waals surface area contributed by atoms with Crippen molar-refractivity contribution in [3.8, 4) is 0 Å². The molecule has 0 bridgehead atoms. The minimum absolute atomic E-state index is 0.0150. The van der Waals surface area contributed by atoms with Gasteiger partial charge in [-0.3, -0.25) is 0 Å². The molecule has 0 atom stereocenters. The van der Waals surface area contributed by atoms with Gasteiger partial charge in [0.15, 0.2) is 5.65 Å². The average molecular weight is 496 g/mol. The van der Waals surface area contributed by atoms with Gasteiger partial charge in [0.25, 0.3) is 0 Å². The van der Waals surface area contributed by atoms with E-state index in [4.69, 9.17) is 28.9 Å². The highest BCUT2D eigenvalue weighted by atomic mass is 35.5. The van der Waals surface area contributed by atoms with Gasteiger partial charge in [-0.1, -0.05) is 65.7 Å². The number of sulfone groups is 1. The molecule has 0 spiro atoms. The van der Waals surface area contributed by atoms with E-state index in [9.17, 15) is 8.42 Å². The molecule has 5 aromatic rings. The van der Waals surface area contributed by atoms with E-state index in [1.807, 2.05) is 36.4 Å². The number of nitrogens with zero attached hydrogens (tertiary/aromatic N) is 4. The Morgan fingerprint density at radius 2 is 1.58 bits per heavy atom. The van der Waals surface area contributed by atoms with E-state index in [1.165, 1.54) is 22.9 Å². The summed E-state index contributed by atoms with van der Waals surface area (Å²) in [5.74, 6) is -0.136. The maximum atomic E-state index is 13.7. The molecule has 2 aromatic heterocycles. The highest BCUT2D eigenvalue weighted by Gasteiger charge is 2.32. The van der Waals surface area contributed by atoms with E-state index in [2.05, 4.69) is 15.1 Å². The molecule has 0 saturated heterocycles. The van der Waals surface area contributed by atoms with Crippen molar-refractivity contribution < 1.29 is 8.42 Å². The Morgan fingerprint density at radius 3 is 2.30 bits per heavy atom. The zero-order valence-corrected chi connectivity index (χ0v) is 19.2. The number of hydrogen-bond donors (Lipinski definition) is 1. The lowest BCUT2D eigenvalue weighted by molar-refractivity contribution is 0.597. The number of nitrogen functional groups attached to an aromatic ring is 1. The van der Waals surface area contributed by atoms with E-state index in [0.29, 0.717) is 11.0 Å². The SMILES string of the molecule is Nc1c(S(=O)(=O)c2cc(Cl)ccc2Cl)c2nc3ccccc3nc2n1N=Cc1ccccc1. The normalized spacial score (nSPS) is 12.2. The third-order valence-corrected chi connectivity index (χ3v) is 7.54. The van der Waals surface area contributed by atoms with Gasteiger partial charge in [0.1, 0.15) is 16.2 Å². The standard InChI is InChI=1S/C23H15Cl2N5O2S/c24-15-10-11-16(25)19(12-15)33(31,32)21-20-23(29-18-9-5-4-8-17(18)28-20)30(22(21)26)27-13-14-6-2-1-3-7-14/h1-13H,26H2. The zero-order valence-electron chi connectivity index (χ0n) is 16.9. The number of para-hydroxylation sites is 2. The molecule has 7 nitrogen and oxygen atoms in total. The molecule has 5 rings (SSSR count). The number of aromatic nitrogens is 3. The van der Waals surface area contributed by atoms with Crippen molar-refractivity contribution in [1.82, 2.24) is 14.6 Å². The molecule has 0 saturated carbocycles. The molecule has 0 aliphatic rings. The van der Waals surface area contributed by atoms with Crippen LogP contribution >= 0.6 is 23.2 Å². The monoisotopic (exact) mass is 495 g/mol. The first kappa shape index (κ1) is 21.4. The summed E-state index contributed by atoms with van der Waals surface area (Å²) in [5, 5.41) is 4.66. The summed E-state index contributed by atoms with van der Waals surface area (Å²) in [6.45, 7) is 0. The fourth-order valence-corrected chi connectivity index (χ4v) is 5.70. The molecular formula is C23H15Cl2N5O2S. The molecule has 0 aliphatic heterocycles. The van der Waals surface area contributed by atoms with Gasteiger partial charge in [-0.2, -0.15) is 9.78 Å². The predicted molar refractivity (Wildman–Crippen MR) is 131 cm³/mol. The molecule has 3 aromatic carbocycles. The molecule has 10 heteroatoms. The average Bonchev–Trinajstić information content (AvgIpc) is 3.09. The van der Waals surface area contributed by atoms with E-state index < -0.39 is 9.84 Å². The van der Waals surface area contributed by atoms with Crippen LogP contribution in [0.25, 0.3) is 22.2 Å². The molecule has 33 heavy (non-hydrogen) atoms. The van der Waals surface area contributed by atoms with Gasteiger partial charge in [-0.05, 0) is 35.9 Å². The molecular weight excluding hydrogens is 481 g/mol. The van der Waals surface area contributed by atoms with E-state index >= 15 is 0 Å². The van der Waals surface area contributed by atoms with Crippen LogP contribution in [0.5, 0.6) is 0 Å². The fourth-order valence-electron chi connectivity index (χ4n) is 3.46. The minimum Gasteiger partial charge on any atom is -0.382 e. The van der Waals surface area contributed by atoms with Gasteiger partial charge in [-0.15, -0.1) is 0 Å². The highest BCUT2D eigenvalue weighted by Crippen LogP contribution is 2.38. The Balaban J connectivity index is 1.83. The number of halogens is 2. The van der Waals surface area contributed by atoms with Crippen molar-refractivity contribution in [3.05, 3.63) is 88.4 Å². The number of benzene rings is 3. The van der Waals surface area contributed by atoms with Crippen molar-refractivity contribution in [3.63, 3.8) is 0 Å².